The van der Waals surface area contributed by atoms with Gasteiger partial charge in [-0.3, -0.25) is 4.68 Å². The standard InChI is InChI=1S/C12H22N4O2S/c17-19(18,11-12-3-7-13-8-4-12)15-6-2-10-16-9-1-5-14-16/h1,5,9,12-13,15H,2-4,6-8,10-11H2. The van der Waals surface area contributed by atoms with Crippen LogP contribution in [0, 0.1) is 5.92 Å². The number of piperidine rings is 1. The van der Waals surface area contributed by atoms with E-state index in [-0.39, 0.29) is 5.75 Å². The van der Waals surface area contributed by atoms with E-state index in [0.717, 1.165) is 38.9 Å². The van der Waals surface area contributed by atoms with Crippen LogP contribution in [-0.2, 0) is 16.6 Å². The van der Waals surface area contributed by atoms with Gasteiger partial charge in [0, 0.05) is 25.5 Å². The molecule has 1 aliphatic heterocycles. The third kappa shape index (κ3) is 5.30. The van der Waals surface area contributed by atoms with Crippen molar-refractivity contribution in [1.29, 1.82) is 0 Å². The molecule has 0 bridgehead atoms. The molecule has 19 heavy (non-hydrogen) atoms. The maximum absolute atomic E-state index is 11.9. The molecule has 0 aromatic carbocycles. The second-order valence-corrected chi connectivity index (χ2v) is 6.84. The lowest BCUT2D eigenvalue weighted by Gasteiger charge is -2.22. The van der Waals surface area contributed by atoms with E-state index in [1.54, 1.807) is 10.9 Å². The third-order valence-electron chi connectivity index (χ3n) is 3.36. The molecule has 2 heterocycles. The fourth-order valence-electron chi connectivity index (χ4n) is 2.32. The van der Waals surface area contributed by atoms with Gasteiger partial charge in [-0.25, -0.2) is 13.1 Å². The first-order valence-corrected chi connectivity index (χ1v) is 8.46. The Kier molecular flexibility index (Phi) is 5.35. The Morgan fingerprint density at radius 3 is 2.84 bits per heavy atom. The largest absolute Gasteiger partial charge is 0.317 e. The van der Waals surface area contributed by atoms with Crippen LogP contribution >= 0.6 is 0 Å². The van der Waals surface area contributed by atoms with Crippen LogP contribution < -0.4 is 10.0 Å². The molecule has 2 N–H and O–H groups in total. The topological polar surface area (TPSA) is 76.0 Å². The van der Waals surface area contributed by atoms with Crippen molar-refractivity contribution in [2.45, 2.75) is 25.8 Å². The van der Waals surface area contributed by atoms with Crippen LogP contribution in [0.2, 0.25) is 0 Å². The van der Waals surface area contributed by atoms with Gasteiger partial charge in [0.15, 0.2) is 0 Å². The van der Waals surface area contributed by atoms with Gasteiger partial charge in [-0.15, -0.1) is 0 Å². The predicted molar refractivity (Wildman–Crippen MR) is 74.2 cm³/mol. The molecule has 0 saturated carbocycles. The van der Waals surface area contributed by atoms with Crippen LogP contribution in [0.4, 0.5) is 0 Å². The third-order valence-corrected chi connectivity index (χ3v) is 4.91. The second-order valence-electron chi connectivity index (χ2n) is 4.99. The first-order valence-electron chi connectivity index (χ1n) is 6.81. The first kappa shape index (κ1) is 14.5. The normalized spacial score (nSPS) is 17.7. The molecular formula is C12H22N4O2S. The van der Waals surface area contributed by atoms with Crippen LogP contribution in [0.1, 0.15) is 19.3 Å². The van der Waals surface area contributed by atoms with Crippen LogP contribution in [0.3, 0.4) is 0 Å². The summed E-state index contributed by atoms with van der Waals surface area (Å²) in [4.78, 5) is 0. The maximum atomic E-state index is 11.9. The number of aryl methyl sites for hydroxylation is 1. The summed E-state index contributed by atoms with van der Waals surface area (Å²) in [6.45, 7) is 3.08. The van der Waals surface area contributed by atoms with Crippen LogP contribution in [0.25, 0.3) is 0 Å². The SMILES string of the molecule is O=S(=O)(CC1CCNCC1)NCCCn1cccn1. The minimum absolute atomic E-state index is 0.260. The van der Waals surface area contributed by atoms with E-state index in [2.05, 4.69) is 15.1 Å². The first-order chi connectivity index (χ1) is 9.16. The van der Waals surface area contributed by atoms with E-state index in [0.29, 0.717) is 12.5 Å². The van der Waals surface area contributed by atoms with E-state index in [1.807, 2.05) is 12.3 Å². The van der Waals surface area contributed by atoms with Gasteiger partial charge in [0.2, 0.25) is 10.0 Å². The van der Waals surface area contributed by atoms with E-state index >= 15 is 0 Å². The molecule has 0 unspecified atom stereocenters. The molecule has 0 amide bonds. The van der Waals surface area contributed by atoms with Gasteiger partial charge in [0.25, 0.3) is 0 Å². The summed E-state index contributed by atoms with van der Waals surface area (Å²) in [5.41, 5.74) is 0. The lowest BCUT2D eigenvalue weighted by atomic mass is 10.0. The van der Waals surface area contributed by atoms with Crippen molar-refractivity contribution >= 4 is 10.0 Å². The molecule has 6 nitrogen and oxygen atoms in total. The average molecular weight is 286 g/mol. The summed E-state index contributed by atoms with van der Waals surface area (Å²) >= 11 is 0. The zero-order chi connectivity index (χ0) is 13.6. The Hall–Kier alpha value is -0.920. The minimum atomic E-state index is -3.13. The van der Waals surface area contributed by atoms with Crippen LogP contribution in [-0.4, -0.2) is 43.6 Å². The molecule has 1 aromatic heterocycles. The van der Waals surface area contributed by atoms with Gasteiger partial charge >= 0.3 is 0 Å². The monoisotopic (exact) mass is 286 g/mol. The second kappa shape index (κ2) is 7.02. The highest BCUT2D eigenvalue weighted by Crippen LogP contribution is 2.13. The highest BCUT2D eigenvalue weighted by atomic mass is 32.2. The van der Waals surface area contributed by atoms with E-state index < -0.39 is 10.0 Å². The van der Waals surface area contributed by atoms with E-state index in [9.17, 15) is 8.42 Å². The van der Waals surface area contributed by atoms with Crippen molar-refractivity contribution in [2.24, 2.45) is 5.92 Å². The lowest BCUT2D eigenvalue weighted by molar-refractivity contribution is 0.400. The fraction of sp³-hybridized carbons (Fsp3) is 0.750. The van der Waals surface area contributed by atoms with Gasteiger partial charge in [-0.05, 0) is 44.3 Å². The van der Waals surface area contributed by atoms with Crippen LogP contribution in [0.15, 0.2) is 18.5 Å². The molecule has 1 aromatic rings. The summed E-state index contributed by atoms with van der Waals surface area (Å²) in [7, 11) is -3.13. The van der Waals surface area contributed by atoms with Gasteiger partial charge in [-0.2, -0.15) is 5.10 Å². The van der Waals surface area contributed by atoms with Gasteiger partial charge in [-0.1, -0.05) is 0 Å². The summed E-state index contributed by atoms with van der Waals surface area (Å²) in [5, 5.41) is 7.32. The zero-order valence-corrected chi connectivity index (χ0v) is 11.9. The van der Waals surface area contributed by atoms with Gasteiger partial charge in [0.1, 0.15) is 0 Å². The molecule has 0 aliphatic carbocycles. The Morgan fingerprint density at radius 2 is 2.16 bits per heavy atom. The number of hydrogen-bond donors (Lipinski definition) is 2. The van der Waals surface area contributed by atoms with Gasteiger partial charge in [0.05, 0.1) is 5.75 Å². The van der Waals surface area contributed by atoms with Crippen molar-refractivity contribution in [3.05, 3.63) is 18.5 Å². The number of aromatic nitrogens is 2. The quantitative estimate of drug-likeness (QED) is 0.702. The summed E-state index contributed by atoms with van der Waals surface area (Å²) < 4.78 is 28.3. The highest BCUT2D eigenvalue weighted by molar-refractivity contribution is 7.89. The highest BCUT2D eigenvalue weighted by Gasteiger charge is 2.20. The summed E-state index contributed by atoms with van der Waals surface area (Å²) in [6.07, 6.45) is 6.26. The average Bonchev–Trinajstić information content (AvgIpc) is 2.88. The van der Waals surface area contributed by atoms with Crippen molar-refractivity contribution in [3.8, 4) is 0 Å². The molecule has 7 heteroatoms. The van der Waals surface area contributed by atoms with Crippen molar-refractivity contribution in [3.63, 3.8) is 0 Å². The Balaban J connectivity index is 1.65. The van der Waals surface area contributed by atoms with Crippen molar-refractivity contribution < 1.29 is 8.42 Å². The molecular weight excluding hydrogens is 264 g/mol. The summed E-state index contributed by atoms with van der Waals surface area (Å²) in [6, 6.07) is 1.86. The number of hydrogen-bond acceptors (Lipinski definition) is 4. The van der Waals surface area contributed by atoms with E-state index in [4.69, 9.17) is 0 Å². The number of rotatable bonds is 7. The Labute approximate surface area is 114 Å². The molecule has 0 atom stereocenters. The molecule has 108 valence electrons. The number of sulfonamides is 1. The van der Waals surface area contributed by atoms with Crippen molar-refractivity contribution in [1.82, 2.24) is 19.8 Å². The molecule has 2 rings (SSSR count). The van der Waals surface area contributed by atoms with E-state index in [1.165, 1.54) is 0 Å². The molecule has 0 spiro atoms. The number of nitrogens with zero attached hydrogens (tertiary/aromatic N) is 2. The van der Waals surface area contributed by atoms with Crippen molar-refractivity contribution in [2.75, 3.05) is 25.4 Å². The smallest absolute Gasteiger partial charge is 0.211 e. The maximum Gasteiger partial charge on any atom is 0.211 e. The summed E-state index contributed by atoms with van der Waals surface area (Å²) in [5.74, 6) is 0.557. The minimum Gasteiger partial charge on any atom is -0.317 e. The molecule has 1 aliphatic rings. The molecule has 0 radical (unpaired) electrons. The zero-order valence-electron chi connectivity index (χ0n) is 11.1. The fourth-order valence-corrected chi connectivity index (χ4v) is 3.85. The number of nitrogens with one attached hydrogen (secondary N) is 2. The molecule has 1 fully saturated rings. The Bertz CT molecular complexity index is 452. The van der Waals surface area contributed by atoms with Gasteiger partial charge < -0.3 is 5.32 Å². The van der Waals surface area contributed by atoms with Crippen LogP contribution in [0.5, 0.6) is 0 Å². The predicted octanol–water partition coefficient (Wildman–Crippen LogP) is 0.192. The Morgan fingerprint density at radius 1 is 1.37 bits per heavy atom. The lowest BCUT2D eigenvalue weighted by Crippen LogP contribution is -2.36. The molecule has 1 saturated heterocycles.